The maximum atomic E-state index is 12.7. The van der Waals surface area contributed by atoms with Gasteiger partial charge in [-0.15, -0.1) is 0 Å². The van der Waals surface area contributed by atoms with Gasteiger partial charge >= 0.3 is 5.97 Å². The van der Waals surface area contributed by atoms with Crippen LogP contribution < -0.4 is 27.4 Å². The van der Waals surface area contributed by atoms with Gasteiger partial charge in [-0.2, -0.15) is 0 Å². The minimum atomic E-state index is -1.52. The van der Waals surface area contributed by atoms with E-state index in [0.29, 0.717) is 5.69 Å². The summed E-state index contributed by atoms with van der Waals surface area (Å²) in [6.07, 6.45) is 1.98. The van der Waals surface area contributed by atoms with E-state index in [1.54, 1.807) is 0 Å². The van der Waals surface area contributed by atoms with Crippen molar-refractivity contribution < 1.29 is 39.3 Å². The van der Waals surface area contributed by atoms with Crippen LogP contribution in [0, 0.1) is 0 Å². The molecule has 15 heteroatoms. The fourth-order valence-corrected chi connectivity index (χ4v) is 2.47. The molecule has 0 aliphatic rings. The molecule has 0 saturated carbocycles. The standard InChI is InChI=1S/C17H27N7O8/c18-9(5-25)14(28)24-12(6-26)16(30)22-10(1-2-13(19)27)15(29)23-11(17(31)32)3-8-4-20-7-21-8/h4,7,9-12,25-26H,1-3,5-6,18H2,(H2,19,27)(H,20,21)(H,22,30)(H,23,29)(H,24,28)(H,31,32). The molecule has 4 unspecified atom stereocenters. The lowest BCUT2D eigenvalue weighted by Crippen LogP contribution is -2.58. The van der Waals surface area contributed by atoms with Crippen LogP contribution in [0.4, 0.5) is 0 Å². The summed E-state index contributed by atoms with van der Waals surface area (Å²) in [5.41, 5.74) is 10.9. The summed E-state index contributed by atoms with van der Waals surface area (Å²) in [6.45, 7) is -1.57. The first-order valence-electron chi connectivity index (χ1n) is 9.45. The van der Waals surface area contributed by atoms with Crippen LogP contribution in [0.1, 0.15) is 18.5 Å². The predicted octanol–water partition coefficient (Wildman–Crippen LogP) is -4.93. The number of aromatic nitrogens is 2. The molecular formula is C17H27N7O8. The molecule has 0 aliphatic carbocycles. The second kappa shape index (κ2) is 13.0. The fraction of sp³-hybridized carbons (Fsp3) is 0.529. The molecule has 1 rings (SSSR count). The first-order valence-corrected chi connectivity index (χ1v) is 9.45. The Labute approximate surface area is 181 Å². The van der Waals surface area contributed by atoms with Crippen LogP contribution in [0.15, 0.2) is 12.5 Å². The van der Waals surface area contributed by atoms with Crippen molar-refractivity contribution in [3.8, 4) is 0 Å². The normalized spacial score (nSPS) is 14.5. The van der Waals surface area contributed by atoms with Crippen molar-refractivity contribution in [3.05, 3.63) is 18.2 Å². The van der Waals surface area contributed by atoms with Gasteiger partial charge < -0.3 is 47.7 Å². The largest absolute Gasteiger partial charge is 0.480 e. The monoisotopic (exact) mass is 457 g/mol. The fourth-order valence-electron chi connectivity index (χ4n) is 2.47. The summed E-state index contributed by atoms with van der Waals surface area (Å²) in [5.74, 6) is -4.99. The number of amides is 4. The number of aliphatic carboxylic acids is 1. The Morgan fingerprint density at radius 2 is 1.56 bits per heavy atom. The van der Waals surface area contributed by atoms with E-state index < -0.39 is 67.0 Å². The molecule has 0 bridgehead atoms. The number of carbonyl (C=O) groups excluding carboxylic acids is 4. The number of imidazole rings is 1. The topological polar surface area (TPSA) is 263 Å². The van der Waals surface area contributed by atoms with Crippen molar-refractivity contribution in [1.29, 1.82) is 0 Å². The predicted molar refractivity (Wildman–Crippen MR) is 106 cm³/mol. The van der Waals surface area contributed by atoms with Gasteiger partial charge in [-0.25, -0.2) is 9.78 Å². The highest BCUT2D eigenvalue weighted by Crippen LogP contribution is 2.03. The van der Waals surface area contributed by atoms with Gasteiger partial charge in [0, 0.05) is 24.7 Å². The highest BCUT2D eigenvalue weighted by Gasteiger charge is 2.30. The molecule has 178 valence electrons. The zero-order chi connectivity index (χ0) is 24.3. The molecule has 11 N–H and O–H groups in total. The molecular weight excluding hydrogens is 430 g/mol. The van der Waals surface area contributed by atoms with E-state index in [0.717, 1.165) is 0 Å². The van der Waals surface area contributed by atoms with Gasteiger partial charge in [0.15, 0.2) is 0 Å². The minimum Gasteiger partial charge on any atom is -0.480 e. The van der Waals surface area contributed by atoms with E-state index in [4.69, 9.17) is 16.6 Å². The number of carboxylic acid groups (broad SMARTS) is 1. The molecule has 0 spiro atoms. The number of hydrogen-bond acceptors (Lipinski definition) is 9. The summed E-state index contributed by atoms with van der Waals surface area (Å²) < 4.78 is 0. The van der Waals surface area contributed by atoms with Crippen molar-refractivity contribution in [2.45, 2.75) is 43.4 Å². The molecule has 4 atom stereocenters. The van der Waals surface area contributed by atoms with Crippen LogP contribution in [0.3, 0.4) is 0 Å². The first-order chi connectivity index (χ1) is 15.1. The molecule has 1 aromatic rings. The summed E-state index contributed by atoms with van der Waals surface area (Å²) in [7, 11) is 0. The summed E-state index contributed by atoms with van der Waals surface area (Å²) >= 11 is 0. The number of primary amides is 1. The lowest BCUT2D eigenvalue weighted by Gasteiger charge is -2.24. The smallest absolute Gasteiger partial charge is 0.326 e. The van der Waals surface area contributed by atoms with Gasteiger partial charge in [0.1, 0.15) is 24.2 Å². The average molecular weight is 457 g/mol. The number of carboxylic acids is 1. The summed E-state index contributed by atoms with van der Waals surface area (Å²) in [6, 6.07) is -5.66. The van der Waals surface area contributed by atoms with Crippen LogP contribution in [-0.2, 0) is 30.4 Å². The zero-order valence-electron chi connectivity index (χ0n) is 17.0. The molecule has 1 heterocycles. The quantitative estimate of drug-likeness (QED) is 0.128. The van der Waals surface area contributed by atoms with Crippen LogP contribution in [0.5, 0.6) is 0 Å². The number of nitrogens with one attached hydrogen (secondary N) is 4. The van der Waals surface area contributed by atoms with Gasteiger partial charge in [0.05, 0.1) is 19.5 Å². The lowest BCUT2D eigenvalue weighted by atomic mass is 10.1. The van der Waals surface area contributed by atoms with Crippen LogP contribution in [0.2, 0.25) is 0 Å². The second-order valence-electron chi connectivity index (χ2n) is 6.78. The Morgan fingerprint density at radius 1 is 0.969 bits per heavy atom. The number of carbonyl (C=O) groups is 5. The molecule has 0 radical (unpaired) electrons. The van der Waals surface area contributed by atoms with Gasteiger partial charge in [-0.3, -0.25) is 19.2 Å². The van der Waals surface area contributed by atoms with Crippen molar-refractivity contribution in [2.75, 3.05) is 13.2 Å². The van der Waals surface area contributed by atoms with E-state index in [1.165, 1.54) is 12.5 Å². The third-order valence-corrected chi connectivity index (χ3v) is 4.25. The maximum Gasteiger partial charge on any atom is 0.326 e. The number of aromatic amines is 1. The Hall–Kier alpha value is -3.56. The molecule has 0 fully saturated rings. The summed E-state index contributed by atoms with van der Waals surface area (Å²) in [4.78, 5) is 66.0. The number of nitrogens with two attached hydrogens (primary N) is 2. The SMILES string of the molecule is NC(=O)CCC(NC(=O)C(CO)NC(=O)C(N)CO)C(=O)NC(Cc1cnc[nH]1)C(=O)O. The number of nitrogens with zero attached hydrogens (tertiary/aromatic N) is 1. The number of H-pyrrole nitrogens is 1. The highest BCUT2D eigenvalue weighted by molar-refractivity contribution is 5.94. The Morgan fingerprint density at radius 3 is 2.06 bits per heavy atom. The van der Waals surface area contributed by atoms with Crippen molar-refractivity contribution in [1.82, 2.24) is 25.9 Å². The van der Waals surface area contributed by atoms with Gasteiger partial charge in [-0.1, -0.05) is 0 Å². The Balaban J connectivity index is 2.90. The summed E-state index contributed by atoms with van der Waals surface area (Å²) in [5, 5.41) is 34.3. The van der Waals surface area contributed by atoms with Gasteiger partial charge in [0.2, 0.25) is 23.6 Å². The molecule has 15 nitrogen and oxygen atoms in total. The van der Waals surface area contributed by atoms with E-state index in [-0.39, 0.29) is 19.3 Å². The van der Waals surface area contributed by atoms with Gasteiger partial charge in [-0.05, 0) is 6.42 Å². The number of aliphatic hydroxyl groups excluding tert-OH is 2. The number of rotatable bonds is 14. The van der Waals surface area contributed by atoms with Crippen LogP contribution in [-0.4, -0.2) is 92.3 Å². The van der Waals surface area contributed by atoms with Crippen molar-refractivity contribution in [2.24, 2.45) is 11.5 Å². The Bertz CT molecular complexity index is 801. The Kier molecular flexibility index (Phi) is 10.7. The molecule has 32 heavy (non-hydrogen) atoms. The molecule has 0 aromatic carbocycles. The zero-order valence-corrected chi connectivity index (χ0v) is 17.0. The average Bonchev–Trinajstić information content (AvgIpc) is 3.26. The molecule has 0 aliphatic heterocycles. The molecule has 4 amide bonds. The third-order valence-electron chi connectivity index (χ3n) is 4.25. The van der Waals surface area contributed by atoms with Crippen LogP contribution in [0.25, 0.3) is 0 Å². The number of hydrogen-bond donors (Lipinski definition) is 9. The van der Waals surface area contributed by atoms with E-state index >= 15 is 0 Å². The molecule has 1 aromatic heterocycles. The van der Waals surface area contributed by atoms with E-state index in [9.17, 15) is 34.2 Å². The highest BCUT2D eigenvalue weighted by atomic mass is 16.4. The third kappa shape index (κ3) is 8.66. The van der Waals surface area contributed by atoms with Gasteiger partial charge in [0.25, 0.3) is 0 Å². The van der Waals surface area contributed by atoms with Crippen molar-refractivity contribution in [3.63, 3.8) is 0 Å². The van der Waals surface area contributed by atoms with Crippen LogP contribution >= 0.6 is 0 Å². The maximum absolute atomic E-state index is 12.7. The van der Waals surface area contributed by atoms with Crippen molar-refractivity contribution >= 4 is 29.6 Å². The lowest BCUT2D eigenvalue weighted by molar-refractivity contribution is -0.142. The van der Waals surface area contributed by atoms with E-state index in [2.05, 4.69) is 25.9 Å². The minimum absolute atomic E-state index is 0.133. The number of aliphatic hydroxyl groups is 2. The second-order valence-corrected chi connectivity index (χ2v) is 6.78. The van der Waals surface area contributed by atoms with E-state index in [1.807, 2.05) is 0 Å². The molecule has 0 saturated heterocycles. The first kappa shape index (κ1) is 26.5.